The normalized spacial score (nSPS) is 14.7. The quantitative estimate of drug-likeness (QED) is 0.529. The molecule has 0 aliphatic carbocycles. The zero-order valence-electron chi connectivity index (χ0n) is 15.5. The lowest BCUT2D eigenvalue weighted by molar-refractivity contribution is 0.0725. The van der Waals surface area contributed by atoms with Gasteiger partial charge in [-0.2, -0.15) is 0 Å². The van der Waals surface area contributed by atoms with Gasteiger partial charge in [0.25, 0.3) is 15.9 Å². The molecule has 2 aromatic carbocycles. The van der Waals surface area contributed by atoms with Crippen LogP contribution in [0.5, 0.6) is 0 Å². The summed E-state index contributed by atoms with van der Waals surface area (Å²) in [4.78, 5) is 23.2. The molecule has 29 heavy (non-hydrogen) atoms. The first-order valence-electron chi connectivity index (χ1n) is 9.27. The van der Waals surface area contributed by atoms with Crippen molar-refractivity contribution in [3.8, 4) is 0 Å². The molecule has 9 heteroatoms. The van der Waals surface area contributed by atoms with Crippen molar-refractivity contribution in [1.29, 1.82) is 0 Å². The Hall–Kier alpha value is -2.27. The van der Waals surface area contributed by atoms with Crippen LogP contribution >= 0.6 is 22.6 Å². The third kappa shape index (κ3) is 4.20. The van der Waals surface area contributed by atoms with Gasteiger partial charge >= 0.3 is 0 Å². The maximum Gasteiger partial charge on any atom is 0.264 e. The van der Waals surface area contributed by atoms with Gasteiger partial charge in [0, 0.05) is 29.1 Å². The number of hydrogen-bond donors (Lipinski definition) is 1. The Labute approximate surface area is 182 Å². The summed E-state index contributed by atoms with van der Waals surface area (Å²) in [6.45, 7) is 1.38. The standard InChI is InChI=1S/C20H19IN4O3S/c21-14-7-8-15(20(26)25-11-2-1-3-12-25)17(13-14)24-29(27,28)18-6-4-5-16-19(18)23-10-9-22-16/h4-10,13,24H,1-3,11-12H2. The summed E-state index contributed by atoms with van der Waals surface area (Å²) < 4.78 is 29.8. The second-order valence-corrected chi connectivity index (χ2v) is 9.72. The van der Waals surface area contributed by atoms with Crippen LogP contribution in [0.15, 0.2) is 53.7 Å². The lowest BCUT2D eigenvalue weighted by Crippen LogP contribution is -2.36. The Bertz CT molecular complexity index is 1170. The van der Waals surface area contributed by atoms with Gasteiger partial charge in [0.1, 0.15) is 10.4 Å². The molecule has 3 aromatic rings. The highest BCUT2D eigenvalue weighted by Crippen LogP contribution is 2.27. The van der Waals surface area contributed by atoms with E-state index in [4.69, 9.17) is 0 Å². The van der Waals surface area contributed by atoms with E-state index in [-0.39, 0.29) is 22.0 Å². The Morgan fingerprint density at radius 1 is 1.03 bits per heavy atom. The van der Waals surface area contributed by atoms with Crippen LogP contribution in [-0.4, -0.2) is 42.3 Å². The summed E-state index contributed by atoms with van der Waals surface area (Å²) in [5.41, 5.74) is 1.40. The fourth-order valence-corrected chi connectivity index (χ4v) is 5.17. The van der Waals surface area contributed by atoms with E-state index in [0.717, 1.165) is 22.8 Å². The molecule has 1 saturated heterocycles. The molecule has 0 spiro atoms. The molecule has 1 N–H and O–H groups in total. The number of piperidine rings is 1. The number of sulfonamides is 1. The van der Waals surface area contributed by atoms with Gasteiger partial charge in [0.15, 0.2) is 0 Å². The van der Waals surface area contributed by atoms with E-state index >= 15 is 0 Å². The molecule has 1 amide bonds. The molecule has 0 unspecified atom stereocenters. The summed E-state index contributed by atoms with van der Waals surface area (Å²) in [6.07, 6.45) is 6.01. The Kier molecular flexibility index (Phi) is 5.68. The third-order valence-electron chi connectivity index (χ3n) is 4.85. The first kappa shape index (κ1) is 20.0. The molecular weight excluding hydrogens is 503 g/mol. The third-order valence-corrected chi connectivity index (χ3v) is 6.92. The number of carbonyl (C=O) groups excluding carboxylic acids is 1. The lowest BCUT2D eigenvalue weighted by atomic mass is 10.1. The molecule has 1 aliphatic heterocycles. The van der Waals surface area contributed by atoms with Crippen molar-refractivity contribution in [1.82, 2.24) is 14.9 Å². The number of likely N-dealkylation sites (tertiary alicyclic amines) is 1. The van der Waals surface area contributed by atoms with E-state index < -0.39 is 10.0 Å². The van der Waals surface area contributed by atoms with E-state index in [1.807, 2.05) is 0 Å². The molecule has 2 heterocycles. The van der Waals surface area contributed by atoms with Gasteiger partial charge in [-0.25, -0.2) is 8.42 Å². The van der Waals surface area contributed by atoms with Crippen LogP contribution in [0.2, 0.25) is 0 Å². The van der Waals surface area contributed by atoms with Crippen molar-refractivity contribution in [2.75, 3.05) is 17.8 Å². The number of anilines is 1. The van der Waals surface area contributed by atoms with E-state index in [0.29, 0.717) is 24.2 Å². The van der Waals surface area contributed by atoms with E-state index in [2.05, 4.69) is 37.3 Å². The van der Waals surface area contributed by atoms with Crippen molar-refractivity contribution < 1.29 is 13.2 Å². The van der Waals surface area contributed by atoms with Crippen molar-refractivity contribution >= 4 is 55.2 Å². The predicted molar refractivity (Wildman–Crippen MR) is 119 cm³/mol. The fraction of sp³-hybridized carbons (Fsp3) is 0.250. The maximum absolute atomic E-state index is 13.2. The Morgan fingerprint density at radius 3 is 2.59 bits per heavy atom. The second kappa shape index (κ2) is 8.23. The largest absolute Gasteiger partial charge is 0.339 e. The first-order chi connectivity index (χ1) is 14.0. The van der Waals surface area contributed by atoms with Crippen molar-refractivity contribution in [3.05, 3.63) is 57.9 Å². The summed E-state index contributed by atoms with van der Waals surface area (Å²) in [5.74, 6) is -0.156. The monoisotopic (exact) mass is 522 g/mol. The van der Waals surface area contributed by atoms with Crippen molar-refractivity contribution in [2.24, 2.45) is 0 Å². The molecule has 1 aromatic heterocycles. The topological polar surface area (TPSA) is 92.3 Å². The van der Waals surface area contributed by atoms with E-state index in [1.54, 1.807) is 35.2 Å². The van der Waals surface area contributed by atoms with Crippen molar-refractivity contribution in [2.45, 2.75) is 24.2 Å². The van der Waals surface area contributed by atoms with E-state index in [1.165, 1.54) is 18.5 Å². The summed E-state index contributed by atoms with van der Waals surface area (Å²) >= 11 is 2.10. The minimum absolute atomic E-state index is 0.0262. The molecule has 4 rings (SSSR count). The molecule has 0 saturated carbocycles. The van der Waals surface area contributed by atoms with Crippen LogP contribution in [0.4, 0.5) is 5.69 Å². The predicted octanol–water partition coefficient (Wildman–Crippen LogP) is 3.66. The summed E-state index contributed by atoms with van der Waals surface area (Å²) in [6, 6.07) is 9.97. The molecular formula is C20H19IN4O3S. The highest BCUT2D eigenvalue weighted by atomic mass is 127. The lowest BCUT2D eigenvalue weighted by Gasteiger charge is -2.27. The molecule has 150 valence electrons. The smallest absolute Gasteiger partial charge is 0.264 e. The number of nitrogens with one attached hydrogen (secondary N) is 1. The molecule has 0 radical (unpaired) electrons. The Balaban J connectivity index is 1.73. The van der Waals surface area contributed by atoms with E-state index in [9.17, 15) is 13.2 Å². The number of rotatable bonds is 4. The van der Waals surface area contributed by atoms with Crippen LogP contribution in [0.1, 0.15) is 29.6 Å². The number of aromatic nitrogens is 2. The average molecular weight is 522 g/mol. The van der Waals surface area contributed by atoms with Crippen LogP contribution < -0.4 is 4.72 Å². The number of nitrogens with zero attached hydrogens (tertiary/aromatic N) is 3. The van der Waals surface area contributed by atoms with Crippen LogP contribution in [-0.2, 0) is 10.0 Å². The number of para-hydroxylation sites is 1. The van der Waals surface area contributed by atoms with Crippen molar-refractivity contribution in [3.63, 3.8) is 0 Å². The molecule has 1 fully saturated rings. The first-order valence-corrected chi connectivity index (χ1v) is 11.8. The number of benzene rings is 2. The minimum atomic E-state index is -3.97. The molecule has 1 aliphatic rings. The fourth-order valence-electron chi connectivity index (χ4n) is 3.44. The number of amides is 1. The average Bonchev–Trinajstić information content (AvgIpc) is 2.73. The van der Waals surface area contributed by atoms with Crippen LogP contribution in [0.3, 0.4) is 0 Å². The zero-order valence-corrected chi connectivity index (χ0v) is 18.5. The highest BCUT2D eigenvalue weighted by Gasteiger charge is 2.25. The number of halogens is 1. The summed E-state index contributed by atoms with van der Waals surface area (Å²) in [7, 11) is -3.97. The van der Waals surface area contributed by atoms with Crippen LogP contribution in [0.25, 0.3) is 11.0 Å². The number of hydrogen-bond acceptors (Lipinski definition) is 5. The minimum Gasteiger partial charge on any atom is -0.339 e. The van der Waals surface area contributed by atoms with Gasteiger partial charge in [-0.05, 0) is 72.2 Å². The Morgan fingerprint density at radius 2 is 1.79 bits per heavy atom. The van der Waals surface area contributed by atoms with Gasteiger partial charge in [-0.3, -0.25) is 19.5 Å². The van der Waals surface area contributed by atoms with Gasteiger partial charge in [0.2, 0.25) is 0 Å². The molecule has 7 nitrogen and oxygen atoms in total. The number of carbonyl (C=O) groups is 1. The molecule has 0 bridgehead atoms. The highest BCUT2D eigenvalue weighted by molar-refractivity contribution is 14.1. The zero-order chi connectivity index (χ0) is 20.4. The van der Waals surface area contributed by atoms with Crippen LogP contribution in [0, 0.1) is 3.57 Å². The number of fused-ring (bicyclic) bond motifs is 1. The summed E-state index contributed by atoms with van der Waals surface area (Å²) in [5, 5.41) is 0. The SMILES string of the molecule is O=C(c1ccc(I)cc1NS(=O)(=O)c1cccc2nccnc12)N1CCCCC1. The molecule has 0 atom stereocenters. The second-order valence-electron chi connectivity index (χ2n) is 6.83. The van der Waals surface area contributed by atoms with Gasteiger partial charge < -0.3 is 4.90 Å². The van der Waals surface area contributed by atoms with Gasteiger partial charge in [-0.15, -0.1) is 0 Å². The van der Waals surface area contributed by atoms with Gasteiger partial charge in [0.05, 0.1) is 16.8 Å². The maximum atomic E-state index is 13.2. The van der Waals surface area contributed by atoms with Gasteiger partial charge in [-0.1, -0.05) is 6.07 Å².